The Morgan fingerprint density at radius 1 is 0.407 bits per heavy atom. The van der Waals surface area contributed by atoms with E-state index in [0.29, 0.717) is 0 Å². The summed E-state index contributed by atoms with van der Waals surface area (Å²) in [6.45, 7) is 43.7. The van der Waals surface area contributed by atoms with Gasteiger partial charge in [-0.2, -0.15) is 0 Å². The summed E-state index contributed by atoms with van der Waals surface area (Å²) in [7, 11) is 0. The van der Waals surface area contributed by atoms with Gasteiger partial charge in [-0.1, -0.05) is 179 Å². The number of rotatable bonds is 5. The van der Waals surface area contributed by atoms with Crippen LogP contribution in [0.25, 0.3) is 11.0 Å². The van der Waals surface area contributed by atoms with Crippen molar-refractivity contribution >= 4 is 85.5 Å². The molecule has 0 unspecified atom stereocenters. The van der Waals surface area contributed by atoms with Gasteiger partial charge in [0.2, 0.25) is 0 Å². The van der Waals surface area contributed by atoms with Gasteiger partial charge in [0.15, 0.2) is 0 Å². The maximum absolute atomic E-state index is 7.91. The van der Waals surface area contributed by atoms with Crippen LogP contribution >= 0.6 is 0 Å². The molecule has 7 aromatic carbocycles. The van der Waals surface area contributed by atoms with E-state index in [0.717, 1.165) is 66.8 Å². The maximum atomic E-state index is 7.91. The van der Waals surface area contributed by atoms with E-state index in [1.807, 2.05) is 0 Å². The van der Waals surface area contributed by atoms with Crippen LogP contribution in [0.3, 0.4) is 0 Å². The third kappa shape index (κ3) is 8.41. The Balaban J connectivity index is 1.24. The van der Waals surface area contributed by atoms with E-state index in [-0.39, 0.29) is 50.0 Å². The van der Waals surface area contributed by atoms with Gasteiger partial charge >= 0.3 is 0 Å². The van der Waals surface area contributed by atoms with Crippen molar-refractivity contribution in [2.24, 2.45) is 0 Å². The van der Waals surface area contributed by atoms with Gasteiger partial charge in [-0.05, 0) is 216 Å². The molecule has 2 aliphatic heterocycles. The predicted octanol–water partition coefficient (Wildman–Crippen LogP) is 19.6. The van der Waals surface area contributed by atoms with Crippen molar-refractivity contribution in [3.63, 3.8) is 0 Å². The first-order chi connectivity index (χ1) is 37.9. The highest BCUT2D eigenvalue weighted by atomic mass is 16.3. The summed E-state index contributed by atoms with van der Waals surface area (Å²) >= 11 is 0. The Morgan fingerprint density at radius 2 is 0.852 bits per heavy atom. The van der Waals surface area contributed by atoms with Crippen molar-refractivity contribution in [2.45, 2.75) is 206 Å². The minimum absolute atomic E-state index is 0.00285. The lowest BCUT2D eigenvalue weighted by Crippen LogP contribution is -2.61. The lowest BCUT2D eigenvalue weighted by molar-refractivity contribution is 0.332. The van der Waals surface area contributed by atoms with Gasteiger partial charge in [-0.3, -0.25) is 0 Å². The SMILES string of the molecule is CC(C)(C)c1cc(N2c3cc4c(cc3B3c5oc6cc7c(cc6c5N(c5ccc6c(c5)C(C)(C)CCC6(C)C)c5cc(N(c6ccccc6)c6ccccc6)cc2c53)C(C)(C)CCC7(C)C)C(C)(C)CCC4(C)C)cc(C(C)(C)C)c1. The number of anilines is 9. The van der Waals surface area contributed by atoms with E-state index in [1.165, 1.54) is 94.9 Å². The van der Waals surface area contributed by atoms with Gasteiger partial charge in [0.25, 0.3) is 6.71 Å². The van der Waals surface area contributed by atoms with Crippen molar-refractivity contribution in [3.8, 4) is 0 Å². The first-order valence-electron chi connectivity index (χ1n) is 30.7. The van der Waals surface area contributed by atoms with E-state index < -0.39 is 0 Å². The topological polar surface area (TPSA) is 22.9 Å². The summed E-state index contributed by atoms with van der Waals surface area (Å²) in [5.41, 5.74) is 26.3. The van der Waals surface area contributed by atoms with Crippen LogP contribution in [0.1, 0.15) is 208 Å². The predicted molar refractivity (Wildman–Crippen MR) is 348 cm³/mol. The number of hydrogen-bond donors (Lipinski definition) is 0. The number of fused-ring (bicyclic) bond motifs is 9. The second-order valence-electron chi connectivity index (χ2n) is 31.5. The van der Waals surface area contributed by atoms with Crippen molar-refractivity contribution in [2.75, 3.05) is 14.7 Å². The monoisotopic (exact) mass is 1070 g/mol. The van der Waals surface area contributed by atoms with Crippen molar-refractivity contribution < 1.29 is 4.42 Å². The fourth-order valence-electron chi connectivity index (χ4n) is 15.2. The molecule has 0 spiro atoms. The number of nitrogens with zero attached hydrogens (tertiary/aromatic N) is 3. The van der Waals surface area contributed by atoms with Crippen LogP contribution < -0.4 is 31.3 Å². The minimum Gasteiger partial charge on any atom is -0.468 e. The van der Waals surface area contributed by atoms with E-state index in [1.54, 1.807) is 0 Å². The molecule has 81 heavy (non-hydrogen) atoms. The molecule has 3 heterocycles. The third-order valence-corrected chi connectivity index (χ3v) is 20.9. The normalized spacial score (nSPS) is 19.5. The molecule has 5 heteroatoms. The average Bonchev–Trinajstić information content (AvgIpc) is 3.44. The summed E-state index contributed by atoms with van der Waals surface area (Å²) in [4.78, 5) is 7.88. The second kappa shape index (κ2) is 17.5. The number of benzene rings is 7. The molecule has 4 nitrogen and oxygen atoms in total. The van der Waals surface area contributed by atoms with E-state index in [4.69, 9.17) is 4.42 Å². The Hall–Kier alpha value is -6.46. The molecule has 416 valence electrons. The molecule has 3 aliphatic carbocycles. The standard InChI is InChI=1S/C76H88BN3O/c1-69(2,3)47-37-48(70(4,5)6)39-52(38-47)79-62-45-59-58(74(13,14)34-35-75(59,15)16)44-61(62)77-66-63(79)41-53(78(49-25-21-19-22-26-49)50-27-23-20-24-28-50)42-64(66)80(51-29-30-55-56(40-51)72(9,10)32-31-71(55,7)8)67-54-43-57-60(46-65(54)81-68(67)77)76(17,18)36-33-73(57,11)12/h19-30,37-46H,31-36H2,1-18H3. The summed E-state index contributed by atoms with van der Waals surface area (Å²) in [5, 5.41) is 1.20. The van der Waals surface area contributed by atoms with Crippen LogP contribution in [-0.4, -0.2) is 6.71 Å². The molecular formula is C76H88BN3O. The highest BCUT2D eigenvalue weighted by Gasteiger charge is 2.51. The largest absolute Gasteiger partial charge is 0.468 e. The minimum atomic E-state index is -0.207. The molecular weight excluding hydrogens is 982 g/mol. The molecule has 0 N–H and O–H groups in total. The average molecular weight is 1070 g/mol. The second-order valence-corrected chi connectivity index (χ2v) is 31.5. The molecule has 0 saturated carbocycles. The summed E-state index contributed by atoms with van der Waals surface area (Å²) in [6, 6.07) is 52.6. The molecule has 1 aromatic heterocycles. The summed E-state index contributed by atoms with van der Waals surface area (Å²) in [5.74, 6) is 0. The lowest BCUT2D eigenvalue weighted by atomic mass is 9.35. The number of para-hydroxylation sites is 2. The molecule has 0 bridgehead atoms. The van der Waals surface area contributed by atoms with Gasteiger partial charge in [-0.15, -0.1) is 0 Å². The van der Waals surface area contributed by atoms with Crippen LogP contribution in [0.4, 0.5) is 51.2 Å². The molecule has 0 atom stereocenters. The van der Waals surface area contributed by atoms with Crippen molar-refractivity contribution in [1.82, 2.24) is 0 Å². The van der Waals surface area contributed by atoms with Crippen LogP contribution in [0, 0.1) is 0 Å². The fraction of sp³-hybridized carbons (Fsp3) is 0.421. The van der Waals surface area contributed by atoms with Gasteiger partial charge in [-0.25, -0.2) is 0 Å². The zero-order valence-electron chi connectivity index (χ0n) is 52.3. The molecule has 0 radical (unpaired) electrons. The van der Waals surface area contributed by atoms with E-state index in [9.17, 15) is 0 Å². The highest BCUT2D eigenvalue weighted by molar-refractivity contribution is 7.00. The quantitative estimate of drug-likeness (QED) is 0.160. The third-order valence-electron chi connectivity index (χ3n) is 20.9. The molecule has 5 aliphatic rings. The molecule has 0 fully saturated rings. The molecule has 8 aromatic rings. The van der Waals surface area contributed by atoms with Gasteiger partial charge < -0.3 is 19.1 Å². The van der Waals surface area contributed by atoms with Gasteiger partial charge in [0.1, 0.15) is 5.58 Å². The van der Waals surface area contributed by atoms with Crippen LogP contribution in [-0.2, 0) is 43.3 Å². The Labute approximate surface area is 486 Å². The van der Waals surface area contributed by atoms with Crippen molar-refractivity contribution in [1.29, 1.82) is 0 Å². The van der Waals surface area contributed by atoms with Crippen LogP contribution in [0.5, 0.6) is 0 Å². The Morgan fingerprint density at radius 3 is 1.36 bits per heavy atom. The highest BCUT2D eigenvalue weighted by Crippen LogP contribution is 2.56. The summed E-state index contributed by atoms with van der Waals surface area (Å²) in [6.07, 6.45) is 6.84. The van der Waals surface area contributed by atoms with Crippen LogP contribution in [0.15, 0.2) is 138 Å². The van der Waals surface area contributed by atoms with E-state index in [2.05, 4.69) is 273 Å². The molecule has 0 amide bonds. The zero-order chi connectivity index (χ0) is 57.5. The smallest absolute Gasteiger partial charge is 0.297 e. The first-order valence-corrected chi connectivity index (χ1v) is 30.7. The summed E-state index contributed by atoms with van der Waals surface area (Å²) < 4.78 is 7.91. The Kier molecular flexibility index (Phi) is 11.7. The van der Waals surface area contributed by atoms with Gasteiger partial charge in [0.05, 0.1) is 17.0 Å². The Bertz CT molecular complexity index is 3800. The number of hydrogen-bond acceptors (Lipinski definition) is 4. The number of furan rings is 1. The first kappa shape index (κ1) is 53.8. The maximum Gasteiger partial charge on any atom is 0.297 e. The lowest BCUT2D eigenvalue weighted by Gasteiger charge is -2.47. The molecule has 13 rings (SSSR count). The molecule has 0 saturated heterocycles. The zero-order valence-corrected chi connectivity index (χ0v) is 52.3. The fourth-order valence-corrected chi connectivity index (χ4v) is 15.2. The van der Waals surface area contributed by atoms with Gasteiger partial charge in [0, 0.05) is 45.2 Å². The van der Waals surface area contributed by atoms with Crippen molar-refractivity contribution in [3.05, 3.63) is 178 Å². The van der Waals surface area contributed by atoms with Crippen LogP contribution in [0.2, 0.25) is 0 Å². The van der Waals surface area contributed by atoms with E-state index >= 15 is 0 Å².